The Morgan fingerprint density at radius 1 is 1.13 bits per heavy atom. The highest BCUT2D eigenvalue weighted by Crippen LogP contribution is 2.60. The maximum absolute atomic E-state index is 10.5. The minimum Gasteiger partial charge on any atom is -0.491 e. The molecule has 4 rings (SSSR count). The van der Waals surface area contributed by atoms with E-state index in [1.54, 1.807) is 0 Å². The summed E-state index contributed by atoms with van der Waals surface area (Å²) >= 11 is 0. The largest absolute Gasteiger partial charge is 0.491 e. The van der Waals surface area contributed by atoms with Gasteiger partial charge >= 0.3 is 0 Å². The summed E-state index contributed by atoms with van der Waals surface area (Å²) in [5, 5.41) is 17.3. The van der Waals surface area contributed by atoms with Crippen LogP contribution in [-0.2, 0) is 6.42 Å². The van der Waals surface area contributed by atoms with Gasteiger partial charge < -0.3 is 20.5 Å². The predicted octanol–water partition coefficient (Wildman–Crippen LogP) is 3.65. The van der Waals surface area contributed by atoms with E-state index < -0.39 is 6.10 Å². The Kier molecular flexibility index (Phi) is 6.28. The van der Waals surface area contributed by atoms with E-state index in [1.165, 1.54) is 17.5 Å². The Morgan fingerprint density at radius 2 is 1.90 bits per heavy atom. The van der Waals surface area contributed by atoms with Crippen molar-refractivity contribution in [2.75, 3.05) is 19.6 Å². The molecule has 160 valence electrons. The van der Waals surface area contributed by atoms with Crippen LogP contribution >= 0.6 is 0 Å². The Morgan fingerprint density at radius 3 is 2.63 bits per heavy atom. The molecule has 0 spiro atoms. The smallest absolute Gasteiger partial charge is 0.191 e. The minimum absolute atomic E-state index is 0.138. The van der Waals surface area contributed by atoms with Crippen LogP contribution in [0.2, 0.25) is 0 Å². The number of aliphatic imine (C=N–C) groups is 1. The number of nitrogens with zero attached hydrogens (tertiary/aromatic N) is 1. The molecule has 2 aromatic carbocycles. The van der Waals surface area contributed by atoms with Crippen LogP contribution in [0.3, 0.4) is 0 Å². The summed E-state index contributed by atoms with van der Waals surface area (Å²) in [5.41, 5.74) is 3.91. The van der Waals surface area contributed by atoms with Gasteiger partial charge in [-0.15, -0.1) is 0 Å². The second-order valence-corrected chi connectivity index (χ2v) is 8.61. The lowest BCUT2D eigenvalue weighted by Crippen LogP contribution is -2.39. The summed E-state index contributed by atoms with van der Waals surface area (Å²) in [7, 11) is 0. The van der Waals surface area contributed by atoms with E-state index in [9.17, 15) is 5.11 Å². The topological polar surface area (TPSA) is 65.9 Å². The monoisotopic (exact) mass is 407 g/mol. The molecule has 3 N–H and O–H groups in total. The lowest BCUT2D eigenvalue weighted by molar-refractivity contribution is 0.186. The molecule has 0 amide bonds. The Bertz CT molecular complexity index is 878. The lowest BCUT2D eigenvalue weighted by Gasteiger charge is -2.15. The minimum atomic E-state index is -0.638. The van der Waals surface area contributed by atoms with E-state index in [0.717, 1.165) is 36.3 Å². The van der Waals surface area contributed by atoms with E-state index in [2.05, 4.69) is 46.8 Å². The third-order valence-corrected chi connectivity index (χ3v) is 6.11. The van der Waals surface area contributed by atoms with Crippen molar-refractivity contribution in [3.63, 3.8) is 0 Å². The number of hydrogen-bond acceptors (Lipinski definition) is 3. The van der Waals surface area contributed by atoms with Crippen LogP contribution in [0.5, 0.6) is 5.75 Å². The van der Waals surface area contributed by atoms with Crippen molar-refractivity contribution in [3.05, 3.63) is 65.2 Å². The van der Waals surface area contributed by atoms with Crippen LogP contribution in [0.1, 0.15) is 49.5 Å². The summed E-state index contributed by atoms with van der Waals surface area (Å²) in [6.45, 7) is 8.10. The first-order valence-electron chi connectivity index (χ1n) is 11.1. The number of aliphatic hydroxyl groups excluding tert-OH is 1. The molecule has 4 unspecified atom stereocenters. The molecule has 30 heavy (non-hydrogen) atoms. The number of hydrogen-bond donors (Lipinski definition) is 3. The summed E-state index contributed by atoms with van der Waals surface area (Å²) < 4.78 is 5.66. The van der Waals surface area contributed by atoms with Crippen molar-refractivity contribution >= 4 is 5.96 Å². The summed E-state index contributed by atoms with van der Waals surface area (Å²) in [6, 6.07) is 16.4. The average Bonchev–Trinajstić information content (AvgIpc) is 3.27. The van der Waals surface area contributed by atoms with Crippen molar-refractivity contribution in [2.24, 2.45) is 16.8 Å². The molecule has 2 aliphatic rings. The number of guanidine groups is 1. The van der Waals surface area contributed by atoms with E-state index in [4.69, 9.17) is 4.74 Å². The van der Waals surface area contributed by atoms with Crippen molar-refractivity contribution in [2.45, 2.75) is 45.3 Å². The molecule has 0 aromatic heterocycles. The fourth-order valence-corrected chi connectivity index (χ4v) is 4.64. The number of ether oxygens (including phenoxy) is 1. The zero-order chi connectivity index (χ0) is 21.1. The highest BCUT2D eigenvalue weighted by atomic mass is 16.5. The molecule has 0 radical (unpaired) electrons. The molecular formula is C25H33N3O2. The van der Waals surface area contributed by atoms with Gasteiger partial charge in [0.2, 0.25) is 0 Å². The first-order chi connectivity index (χ1) is 14.6. The third kappa shape index (κ3) is 4.62. The van der Waals surface area contributed by atoms with Crippen LogP contribution in [0.15, 0.2) is 53.5 Å². The molecule has 1 fully saturated rings. The zero-order valence-corrected chi connectivity index (χ0v) is 18.1. The van der Waals surface area contributed by atoms with Crippen LogP contribution in [0, 0.1) is 11.8 Å². The van der Waals surface area contributed by atoms with Crippen molar-refractivity contribution < 1.29 is 9.84 Å². The second-order valence-electron chi connectivity index (χ2n) is 8.61. The summed E-state index contributed by atoms with van der Waals surface area (Å²) in [4.78, 5) is 4.61. The van der Waals surface area contributed by atoms with E-state index in [-0.39, 0.29) is 6.10 Å². The normalized spacial score (nSPS) is 23.0. The molecule has 0 aliphatic heterocycles. The molecular weight excluding hydrogens is 374 g/mol. The number of aliphatic hydroxyl groups is 1. The quantitative estimate of drug-likeness (QED) is 0.462. The number of rotatable bonds is 8. The highest BCUT2D eigenvalue weighted by Gasteiger charge is 2.54. The first-order valence-corrected chi connectivity index (χ1v) is 11.1. The van der Waals surface area contributed by atoms with Crippen molar-refractivity contribution in [3.8, 4) is 5.75 Å². The second kappa shape index (κ2) is 9.09. The van der Waals surface area contributed by atoms with Crippen LogP contribution < -0.4 is 15.4 Å². The van der Waals surface area contributed by atoms with Gasteiger partial charge in [0.1, 0.15) is 5.75 Å². The Hall–Kier alpha value is -2.53. The number of nitrogens with one attached hydrogen (secondary N) is 2. The number of benzene rings is 2. The SMILES string of the molecule is CCNC(=NCC(O)c1ccc(OC(C)C)cc1)NCC1C2Cc3ccccc3C12. The van der Waals surface area contributed by atoms with Crippen LogP contribution in [0.4, 0.5) is 0 Å². The van der Waals surface area contributed by atoms with Gasteiger partial charge in [0.25, 0.3) is 0 Å². The molecule has 0 heterocycles. The Labute approximate surface area is 179 Å². The van der Waals surface area contributed by atoms with Gasteiger partial charge in [-0.05, 0) is 73.8 Å². The molecule has 1 saturated carbocycles. The highest BCUT2D eigenvalue weighted by molar-refractivity contribution is 5.79. The van der Waals surface area contributed by atoms with E-state index >= 15 is 0 Å². The van der Waals surface area contributed by atoms with Crippen LogP contribution in [0.25, 0.3) is 0 Å². The zero-order valence-electron chi connectivity index (χ0n) is 18.1. The van der Waals surface area contributed by atoms with Gasteiger partial charge in [-0.25, -0.2) is 0 Å². The Balaban J connectivity index is 1.30. The molecule has 0 saturated heterocycles. The summed E-state index contributed by atoms with van der Waals surface area (Å²) in [6.07, 6.45) is 0.704. The number of fused-ring (bicyclic) bond motifs is 3. The first kappa shape index (κ1) is 20.7. The predicted molar refractivity (Wildman–Crippen MR) is 121 cm³/mol. The van der Waals surface area contributed by atoms with Crippen LogP contribution in [-0.4, -0.2) is 36.8 Å². The lowest BCUT2D eigenvalue weighted by atomic mass is 10.0. The fourth-order valence-electron chi connectivity index (χ4n) is 4.64. The molecule has 4 atom stereocenters. The van der Waals surface area contributed by atoms with Gasteiger partial charge in [-0.2, -0.15) is 0 Å². The summed E-state index contributed by atoms with van der Waals surface area (Å²) in [5.74, 6) is 3.75. The molecule has 2 aliphatic carbocycles. The van der Waals surface area contributed by atoms with Gasteiger partial charge in [0, 0.05) is 13.1 Å². The van der Waals surface area contributed by atoms with Gasteiger partial charge in [-0.1, -0.05) is 36.4 Å². The van der Waals surface area contributed by atoms with Crippen molar-refractivity contribution in [1.29, 1.82) is 0 Å². The van der Waals surface area contributed by atoms with Crippen molar-refractivity contribution in [1.82, 2.24) is 10.6 Å². The van der Waals surface area contributed by atoms with Gasteiger partial charge in [-0.3, -0.25) is 4.99 Å². The maximum atomic E-state index is 10.5. The average molecular weight is 408 g/mol. The molecule has 5 nitrogen and oxygen atoms in total. The van der Waals surface area contributed by atoms with E-state index in [0.29, 0.717) is 18.4 Å². The van der Waals surface area contributed by atoms with Gasteiger partial charge in [0.05, 0.1) is 18.8 Å². The van der Waals surface area contributed by atoms with E-state index in [1.807, 2.05) is 38.1 Å². The maximum Gasteiger partial charge on any atom is 0.191 e. The fraction of sp³-hybridized carbons (Fsp3) is 0.480. The standard InChI is InChI=1S/C25H33N3O2/c1-4-26-25(27-14-22-21-13-18-7-5-6-8-20(18)24(21)22)28-15-23(29)17-9-11-19(12-10-17)30-16(2)3/h5-12,16,21-24,29H,4,13-15H2,1-3H3,(H2,26,27,28). The third-order valence-electron chi connectivity index (χ3n) is 6.11. The van der Waals surface area contributed by atoms with Gasteiger partial charge in [0.15, 0.2) is 5.96 Å². The molecule has 0 bridgehead atoms. The molecule has 5 heteroatoms. The molecule has 2 aromatic rings.